The van der Waals surface area contributed by atoms with Gasteiger partial charge in [-0.25, -0.2) is 0 Å². The van der Waals surface area contributed by atoms with Crippen LogP contribution in [0, 0.1) is 6.92 Å². The predicted molar refractivity (Wildman–Crippen MR) is 102 cm³/mol. The van der Waals surface area contributed by atoms with Crippen LogP contribution < -0.4 is 10.1 Å². The third-order valence-electron chi connectivity index (χ3n) is 3.87. The fourth-order valence-corrected chi connectivity index (χ4v) is 3.42. The Kier molecular flexibility index (Phi) is 7.19. The molecule has 0 radical (unpaired) electrons. The van der Waals surface area contributed by atoms with Crippen LogP contribution in [-0.4, -0.2) is 23.4 Å². The largest absolute Gasteiger partial charge is 0.508 e. The molecule has 25 heavy (non-hydrogen) atoms. The molecular weight excluding hydrogens is 334 g/mol. The molecule has 0 aliphatic heterocycles. The molecule has 1 amide bonds. The maximum Gasteiger partial charge on any atom is 0.220 e. The van der Waals surface area contributed by atoms with E-state index >= 15 is 0 Å². The molecule has 2 rings (SSSR count). The van der Waals surface area contributed by atoms with Gasteiger partial charge in [0.25, 0.3) is 0 Å². The maximum atomic E-state index is 12.1. The number of methoxy groups -OCH3 is 1. The predicted octanol–water partition coefficient (Wildman–Crippen LogP) is 4.29. The molecule has 4 nitrogen and oxygen atoms in total. The highest BCUT2D eigenvalue weighted by Crippen LogP contribution is 2.27. The number of ether oxygens (including phenoxy) is 1. The zero-order valence-electron chi connectivity index (χ0n) is 14.9. The minimum absolute atomic E-state index is 0.0424. The van der Waals surface area contributed by atoms with E-state index in [2.05, 4.69) is 12.2 Å². The average Bonchev–Trinajstić information content (AvgIpc) is 2.60. The Morgan fingerprint density at radius 1 is 1.24 bits per heavy atom. The van der Waals surface area contributed by atoms with Crippen molar-refractivity contribution in [1.82, 2.24) is 5.32 Å². The normalized spacial score (nSPS) is 11.8. The number of amides is 1. The molecule has 0 saturated heterocycles. The summed E-state index contributed by atoms with van der Waals surface area (Å²) in [7, 11) is 1.64. The van der Waals surface area contributed by atoms with Gasteiger partial charge in [-0.2, -0.15) is 0 Å². The van der Waals surface area contributed by atoms with Crippen molar-refractivity contribution in [2.45, 2.75) is 43.4 Å². The van der Waals surface area contributed by atoms with Crippen molar-refractivity contribution in [3.05, 3.63) is 53.6 Å². The number of aromatic hydroxyl groups is 1. The second-order valence-corrected chi connectivity index (χ2v) is 7.56. The molecule has 5 heteroatoms. The van der Waals surface area contributed by atoms with Crippen LogP contribution in [0.15, 0.2) is 47.4 Å². The van der Waals surface area contributed by atoms with E-state index in [1.54, 1.807) is 31.0 Å². The third-order valence-corrected chi connectivity index (χ3v) is 5.05. The Morgan fingerprint density at radius 2 is 1.96 bits per heavy atom. The zero-order valence-corrected chi connectivity index (χ0v) is 15.7. The first-order chi connectivity index (χ1) is 12.0. The number of rotatable bonds is 8. The summed E-state index contributed by atoms with van der Waals surface area (Å²) >= 11 is 1.71. The second-order valence-electron chi connectivity index (χ2n) is 6.05. The van der Waals surface area contributed by atoms with Crippen molar-refractivity contribution in [2.24, 2.45) is 0 Å². The Morgan fingerprint density at radius 3 is 2.64 bits per heavy atom. The van der Waals surface area contributed by atoms with E-state index < -0.39 is 0 Å². The van der Waals surface area contributed by atoms with Gasteiger partial charge in [0.1, 0.15) is 11.5 Å². The van der Waals surface area contributed by atoms with Gasteiger partial charge in [-0.1, -0.05) is 19.1 Å². The fourth-order valence-electron chi connectivity index (χ4n) is 2.43. The molecule has 0 aliphatic rings. The van der Waals surface area contributed by atoms with Gasteiger partial charge in [0, 0.05) is 28.7 Å². The molecule has 0 aromatic heterocycles. The van der Waals surface area contributed by atoms with Gasteiger partial charge in [-0.15, -0.1) is 11.8 Å². The van der Waals surface area contributed by atoms with Crippen molar-refractivity contribution in [3.63, 3.8) is 0 Å². The smallest absolute Gasteiger partial charge is 0.220 e. The van der Waals surface area contributed by atoms with Crippen LogP contribution in [0.25, 0.3) is 0 Å². The highest BCUT2D eigenvalue weighted by molar-refractivity contribution is 7.99. The first kappa shape index (κ1) is 19.2. The summed E-state index contributed by atoms with van der Waals surface area (Å²) in [6.45, 7) is 4.59. The van der Waals surface area contributed by atoms with Crippen LogP contribution in [0.5, 0.6) is 11.5 Å². The van der Waals surface area contributed by atoms with Crippen LogP contribution in [0.4, 0.5) is 0 Å². The van der Waals surface area contributed by atoms with E-state index in [-0.39, 0.29) is 11.7 Å². The highest BCUT2D eigenvalue weighted by Gasteiger charge is 2.10. The van der Waals surface area contributed by atoms with Gasteiger partial charge in [0.15, 0.2) is 0 Å². The molecule has 2 aromatic rings. The van der Waals surface area contributed by atoms with E-state index in [4.69, 9.17) is 4.74 Å². The minimum Gasteiger partial charge on any atom is -0.508 e. The number of aryl methyl sites for hydroxylation is 1. The third kappa shape index (κ3) is 6.35. The molecule has 2 aromatic carbocycles. The van der Waals surface area contributed by atoms with Gasteiger partial charge in [-0.3, -0.25) is 4.79 Å². The number of carbonyl (C=O) groups is 1. The van der Waals surface area contributed by atoms with Crippen LogP contribution in [-0.2, 0) is 11.3 Å². The number of phenols is 1. The van der Waals surface area contributed by atoms with E-state index in [0.717, 1.165) is 28.2 Å². The molecule has 0 heterocycles. The van der Waals surface area contributed by atoms with Crippen LogP contribution >= 0.6 is 11.8 Å². The summed E-state index contributed by atoms with van der Waals surface area (Å²) in [5, 5.41) is 12.6. The summed E-state index contributed by atoms with van der Waals surface area (Å²) < 4.78 is 5.36. The Balaban J connectivity index is 1.76. The molecule has 0 fully saturated rings. The van der Waals surface area contributed by atoms with Crippen LogP contribution in [0.1, 0.15) is 30.9 Å². The van der Waals surface area contributed by atoms with Gasteiger partial charge in [0.2, 0.25) is 5.91 Å². The lowest BCUT2D eigenvalue weighted by molar-refractivity contribution is -0.121. The number of phenolic OH excluding ortho intramolecular Hbond substituents is 1. The standard InChI is InChI=1S/C20H25NO3S/c1-14-4-6-16(19(12-14)24-3)13-21-20(23)11-5-15(2)25-18-9-7-17(22)8-10-18/h4,6-10,12,15,22H,5,11,13H2,1-3H3,(H,21,23). The number of thioether (sulfide) groups is 1. The fraction of sp³-hybridized carbons (Fsp3) is 0.350. The molecule has 2 N–H and O–H groups in total. The number of hydrogen-bond donors (Lipinski definition) is 2. The highest BCUT2D eigenvalue weighted by atomic mass is 32.2. The lowest BCUT2D eigenvalue weighted by Gasteiger charge is -2.13. The first-order valence-electron chi connectivity index (χ1n) is 8.34. The van der Waals surface area contributed by atoms with E-state index in [9.17, 15) is 9.90 Å². The first-order valence-corrected chi connectivity index (χ1v) is 9.22. The molecule has 134 valence electrons. The summed E-state index contributed by atoms with van der Waals surface area (Å²) in [6.07, 6.45) is 1.28. The Labute approximate surface area is 153 Å². The molecule has 0 bridgehead atoms. The lowest BCUT2D eigenvalue weighted by atomic mass is 10.1. The topological polar surface area (TPSA) is 58.6 Å². The maximum absolute atomic E-state index is 12.1. The number of hydrogen-bond acceptors (Lipinski definition) is 4. The quantitative estimate of drug-likeness (QED) is 0.691. The summed E-state index contributed by atoms with van der Waals surface area (Å²) in [4.78, 5) is 13.2. The van der Waals surface area contributed by atoms with E-state index in [1.807, 2.05) is 37.3 Å². The molecular formula is C20H25NO3S. The van der Waals surface area contributed by atoms with Crippen molar-refractivity contribution >= 4 is 17.7 Å². The lowest BCUT2D eigenvalue weighted by Crippen LogP contribution is -2.23. The Bertz CT molecular complexity index is 701. The average molecular weight is 359 g/mol. The monoisotopic (exact) mass is 359 g/mol. The van der Waals surface area contributed by atoms with E-state index in [0.29, 0.717) is 18.2 Å². The molecule has 1 unspecified atom stereocenters. The zero-order chi connectivity index (χ0) is 18.2. The number of carbonyl (C=O) groups excluding carboxylic acids is 1. The second kappa shape index (κ2) is 9.37. The van der Waals surface area contributed by atoms with E-state index in [1.165, 1.54) is 0 Å². The summed E-state index contributed by atoms with van der Waals surface area (Å²) in [6, 6.07) is 13.1. The van der Waals surface area contributed by atoms with Gasteiger partial charge in [0.05, 0.1) is 7.11 Å². The Hall–Kier alpha value is -2.14. The van der Waals surface area contributed by atoms with Crippen LogP contribution in [0.3, 0.4) is 0 Å². The minimum atomic E-state index is 0.0424. The van der Waals surface area contributed by atoms with Gasteiger partial charge in [-0.05, 0) is 49.2 Å². The van der Waals surface area contributed by atoms with Crippen molar-refractivity contribution in [2.75, 3.05) is 7.11 Å². The molecule has 0 aliphatic carbocycles. The molecule has 0 spiro atoms. The van der Waals surface area contributed by atoms with Crippen LogP contribution in [0.2, 0.25) is 0 Å². The molecule has 0 saturated carbocycles. The SMILES string of the molecule is COc1cc(C)ccc1CNC(=O)CCC(C)Sc1ccc(O)cc1. The molecule has 1 atom stereocenters. The van der Waals surface area contributed by atoms with Crippen molar-refractivity contribution in [3.8, 4) is 11.5 Å². The van der Waals surface area contributed by atoms with Crippen molar-refractivity contribution in [1.29, 1.82) is 0 Å². The number of nitrogens with one attached hydrogen (secondary N) is 1. The van der Waals surface area contributed by atoms with Gasteiger partial charge < -0.3 is 15.2 Å². The number of benzene rings is 2. The summed E-state index contributed by atoms with van der Waals surface area (Å²) in [5.41, 5.74) is 2.11. The summed E-state index contributed by atoms with van der Waals surface area (Å²) in [5.74, 6) is 1.11. The van der Waals surface area contributed by atoms with Crippen molar-refractivity contribution < 1.29 is 14.6 Å². The van der Waals surface area contributed by atoms with Gasteiger partial charge >= 0.3 is 0 Å².